The van der Waals surface area contributed by atoms with Crippen molar-refractivity contribution < 1.29 is 4.79 Å². The molecule has 0 aliphatic rings. The molecule has 0 bridgehead atoms. The molecular weight excluding hydrogens is 234 g/mol. The number of nitrogens with zero attached hydrogens (tertiary/aromatic N) is 2. The van der Waals surface area contributed by atoms with Crippen molar-refractivity contribution >= 4 is 27.5 Å². The van der Waals surface area contributed by atoms with Crippen molar-refractivity contribution in [1.82, 2.24) is 14.8 Å². The van der Waals surface area contributed by atoms with Gasteiger partial charge < -0.3 is 14.8 Å². The summed E-state index contributed by atoms with van der Waals surface area (Å²) in [6.45, 7) is 1.52. The molecule has 0 spiro atoms. The largest absolute Gasteiger partial charge is 0.349 e. The Morgan fingerprint density at radius 3 is 2.94 bits per heavy atom. The van der Waals surface area contributed by atoms with Gasteiger partial charge in [-0.3, -0.25) is 4.79 Å². The van der Waals surface area contributed by atoms with Crippen LogP contribution >= 0.6 is 11.3 Å². The zero-order chi connectivity index (χ0) is 12.4. The summed E-state index contributed by atoms with van der Waals surface area (Å²) >= 11 is 1.66. The smallest absolute Gasteiger partial charge is 0.268 e. The highest BCUT2D eigenvalue weighted by Crippen LogP contribution is 2.23. The van der Waals surface area contributed by atoms with Gasteiger partial charge in [-0.15, -0.1) is 11.3 Å². The summed E-state index contributed by atoms with van der Waals surface area (Å²) in [4.78, 5) is 14.0. The van der Waals surface area contributed by atoms with Crippen molar-refractivity contribution in [3.8, 4) is 0 Å². The second kappa shape index (κ2) is 4.89. The summed E-state index contributed by atoms with van der Waals surface area (Å²) in [5.74, 6) is -0.00208. The molecule has 2 heterocycles. The van der Waals surface area contributed by atoms with E-state index in [9.17, 15) is 4.79 Å². The fourth-order valence-electron chi connectivity index (χ4n) is 1.75. The second-order valence-corrected chi connectivity index (χ2v) is 5.27. The number of hydrogen-bond donors (Lipinski definition) is 1. The maximum absolute atomic E-state index is 12.0. The highest BCUT2D eigenvalue weighted by Gasteiger charge is 2.13. The van der Waals surface area contributed by atoms with Gasteiger partial charge >= 0.3 is 0 Å². The van der Waals surface area contributed by atoms with E-state index >= 15 is 0 Å². The highest BCUT2D eigenvalue weighted by atomic mass is 32.1. The van der Waals surface area contributed by atoms with E-state index in [0.717, 1.165) is 22.5 Å². The zero-order valence-corrected chi connectivity index (χ0v) is 11.2. The Morgan fingerprint density at radius 2 is 2.29 bits per heavy atom. The fraction of sp³-hybridized carbons (Fsp3) is 0.417. The molecule has 5 heteroatoms. The monoisotopic (exact) mass is 251 g/mol. The fourth-order valence-corrected chi connectivity index (χ4v) is 2.60. The lowest BCUT2D eigenvalue weighted by Gasteiger charge is -2.10. The maximum Gasteiger partial charge on any atom is 0.268 e. The standard InChI is InChI=1S/C12H17N3OS/c1-14(2)6-5-13-12(16)10-8-11-9(15(10)3)4-7-17-11/h4,7-8H,5-6H2,1-3H3,(H,13,16). The first-order chi connectivity index (χ1) is 8.09. The summed E-state index contributed by atoms with van der Waals surface area (Å²) in [5.41, 5.74) is 1.85. The number of aryl methyl sites for hydroxylation is 1. The molecular formula is C12H17N3OS. The first-order valence-corrected chi connectivity index (χ1v) is 6.43. The van der Waals surface area contributed by atoms with Crippen molar-refractivity contribution in [2.45, 2.75) is 0 Å². The molecule has 1 N–H and O–H groups in total. The van der Waals surface area contributed by atoms with Gasteiger partial charge in [0.2, 0.25) is 0 Å². The van der Waals surface area contributed by atoms with E-state index < -0.39 is 0 Å². The number of thiophene rings is 1. The van der Waals surface area contributed by atoms with E-state index in [1.807, 2.05) is 48.1 Å². The molecule has 2 rings (SSSR count). The molecule has 0 saturated heterocycles. The van der Waals surface area contributed by atoms with Crippen LogP contribution in [0.5, 0.6) is 0 Å². The molecule has 1 amide bonds. The number of aromatic nitrogens is 1. The van der Waals surface area contributed by atoms with Gasteiger partial charge in [0.05, 0.1) is 10.2 Å². The minimum absolute atomic E-state index is 0.00208. The summed E-state index contributed by atoms with van der Waals surface area (Å²) in [6, 6.07) is 3.99. The number of fused-ring (bicyclic) bond motifs is 1. The van der Waals surface area contributed by atoms with Gasteiger partial charge in [0.1, 0.15) is 5.69 Å². The van der Waals surface area contributed by atoms with Gasteiger partial charge in [-0.25, -0.2) is 0 Å². The molecule has 0 radical (unpaired) electrons. The zero-order valence-electron chi connectivity index (χ0n) is 10.4. The van der Waals surface area contributed by atoms with Gasteiger partial charge in [0, 0.05) is 20.1 Å². The van der Waals surface area contributed by atoms with Gasteiger partial charge in [0.25, 0.3) is 5.91 Å². The van der Waals surface area contributed by atoms with Crippen LogP contribution in [0.15, 0.2) is 17.5 Å². The Balaban J connectivity index is 2.08. The molecule has 0 aromatic carbocycles. The lowest BCUT2D eigenvalue weighted by atomic mass is 10.4. The molecule has 2 aromatic heterocycles. The number of hydrogen-bond acceptors (Lipinski definition) is 3. The summed E-state index contributed by atoms with van der Waals surface area (Å²) < 4.78 is 3.10. The van der Waals surface area contributed by atoms with Crippen LogP contribution in [0.4, 0.5) is 0 Å². The van der Waals surface area contributed by atoms with Crippen molar-refractivity contribution in [1.29, 1.82) is 0 Å². The van der Waals surface area contributed by atoms with Crippen molar-refractivity contribution in [2.75, 3.05) is 27.2 Å². The van der Waals surface area contributed by atoms with Crippen LogP contribution in [-0.4, -0.2) is 42.6 Å². The second-order valence-electron chi connectivity index (χ2n) is 4.32. The average Bonchev–Trinajstić information content (AvgIpc) is 2.81. The predicted molar refractivity (Wildman–Crippen MR) is 71.7 cm³/mol. The van der Waals surface area contributed by atoms with Crippen LogP contribution < -0.4 is 5.32 Å². The molecule has 0 unspecified atom stereocenters. The van der Waals surface area contributed by atoms with Crippen LogP contribution in [0.3, 0.4) is 0 Å². The predicted octanol–water partition coefficient (Wildman–Crippen LogP) is 1.53. The lowest BCUT2D eigenvalue weighted by molar-refractivity contribution is 0.0943. The van der Waals surface area contributed by atoms with Crippen molar-refractivity contribution in [3.05, 3.63) is 23.2 Å². The first kappa shape index (κ1) is 12.1. The number of amides is 1. The van der Waals surface area contributed by atoms with Gasteiger partial charge in [-0.05, 0) is 31.6 Å². The molecule has 0 aliphatic heterocycles. The Bertz CT molecular complexity index is 527. The van der Waals surface area contributed by atoms with E-state index in [2.05, 4.69) is 5.32 Å². The normalized spacial score (nSPS) is 11.3. The number of carbonyl (C=O) groups excluding carboxylic acids is 1. The molecule has 0 atom stereocenters. The van der Waals surface area contributed by atoms with Gasteiger partial charge in [0.15, 0.2) is 0 Å². The minimum Gasteiger partial charge on any atom is -0.349 e. The molecule has 0 fully saturated rings. The SMILES string of the molecule is CN(C)CCNC(=O)c1cc2sccc2n1C. The third-order valence-electron chi connectivity index (χ3n) is 2.74. The Hall–Kier alpha value is -1.33. The van der Waals surface area contributed by atoms with E-state index in [1.54, 1.807) is 11.3 Å². The maximum atomic E-state index is 12.0. The quantitative estimate of drug-likeness (QED) is 0.895. The highest BCUT2D eigenvalue weighted by molar-refractivity contribution is 7.17. The molecule has 92 valence electrons. The Morgan fingerprint density at radius 1 is 1.53 bits per heavy atom. The number of carbonyl (C=O) groups is 1. The van der Waals surface area contributed by atoms with E-state index in [-0.39, 0.29) is 5.91 Å². The lowest BCUT2D eigenvalue weighted by Crippen LogP contribution is -2.32. The first-order valence-electron chi connectivity index (χ1n) is 5.55. The van der Waals surface area contributed by atoms with E-state index in [1.165, 1.54) is 0 Å². The van der Waals surface area contributed by atoms with Crippen molar-refractivity contribution in [3.63, 3.8) is 0 Å². The van der Waals surface area contributed by atoms with Crippen LogP contribution in [-0.2, 0) is 7.05 Å². The number of likely N-dealkylation sites (N-methyl/N-ethyl adjacent to an activating group) is 1. The van der Waals surface area contributed by atoms with Crippen molar-refractivity contribution in [2.24, 2.45) is 7.05 Å². The Labute approximate surface area is 105 Å². The summed E-state index contributed by atoms with van der Waals surface area (Å²) in [5, 5.41) is 4.97. The summed E-state index contributed by atoms with van der Waals surface area (Å²) in [6.07, 6.45) is 0. The third kappa shape index (κ3) is 2.50. The van der Waals surface area contributed by atoms with Crippen LogP contribution in [0, 0.1) is 0 Å². The van der Waals surface area contributed by atoms with Gasteiger partial charge in [-0.1, -0.05) is 0 Å². The minimum atomic E-state index is -0.00208. The van der Waals surface area contributed by atoms with Gasteiger partial charge in [-0.2, -0.15) is 0 Å². The molecule has 0 aliphatic carbocycles. The number of rotatable bonds is 4. The van der Waals surface area contributed by atoms with E-state index in [4.69, 9.17) is 0 Å². The Kier molecular flexibility index (Phi) is 3.49. The molecule has 0 saturated carbocycles. The average molecular weight is 251 g/mol. The van der Waals surface area contributed by atoms with Crippen LogP contribution in [0.2, 0.25) is 0 Å². The number of nitrogens with one attached hydrogen (secondary N) is 1. The molecule has 2 aromatic rings. The summed E-state index contributed by atoms with van der Waals surface area (Å²) in [7, 11) is 5.91. The third-order valence-corrected chi connectivity index (χ3v) is 3.59. The van der Waals surface area contributed by atoms with Crippen LogP contribution in [0.25, 0.3) is 10.2 Å². The molecule has 4 nitrogen and oxygen atoms in total. The topological polar surface area (TPSA) is 37.3 Å². The molecule has 17 heavy (non-hydrogen) atoms. The van der Waals surface area contributed by atoms with E-state index in [0.29, 0.717) is 6.54 Å². The van der Waals surface area contributed by atoms with Crippen LogP contribution in [0.1, 0.15) is 10.5 Å².